The number of benzene rings is 1. The highest BCUT2D eigenvalue weighted by molar-refractivity contribution is 9.10. The van der Waals surface area contributed by atoms with Gasteiger partial charge in [-0.3, -0.25) is 4.79 Å². The van der Waals surface area contributed by atoms with E-state index in [4.69, 9.17) is 56.2 Å². The molecule has 1 aromatic carbocycles. The van der Waals surface area contributed by atoms with Gasteiger partial charge in [-0.1, -0.05) is 46.9 Å². The largest absolute Gasteiger partial charge is 0.495 e. The normalized spacial score (nSPS) is 12.2. The molecule has 1 unspecified atom stereocenters. The predicted molar refractivity (Wildman–Crippen MR) is 110 cm³/mol. The lowest BCUT2D eigenvalue weighted by molar-refractivity contribution is 0.0905. The number of rotatable bonds is 5. The molecule has 0 aliphatic rings. The summed E-state index contributed by atoms with van der Waals surface area (Å²) in [6.07, 6.45) is -1.13. The molecule has 2 rings (SSSR count). The molecule has 0 bridgehead atoms. The van der Waals surface area contributed by atoms with Crippen LogP contribution in [0.15, 0.2) is 45.5 Å². The maximum atomic E-state index is 12.2. The smallest absolute Gasteiger partial charge is 0.288 e. The molecule has 0 saturated carbocycles. The molecule has 0 fully saturated rings. The number of alkyl halides is 3. The number of amides is 1. The average Bonchev–Trinajstić information content (AvgIpc) is 3.00. The van der Waals surface area contributed by atoms with Gasteiger partial charge in [0.15, 0.2) is 15.5 Å². The van der Waals surface area contributed by atoms with Crippen LogP contribution in [0.5, 0.6) is 5.75 Å². The molecular formula is C15H13BrCl3N3O3S. The van der Waals surface area contributed by atoms with Crippen molar-refractivity contribution >= 4 is 79.7 Å². The molecule has 0 spiro atoms. The van der Waals surface area contributed by atoms with E-state index in [1.807, 2.05) is 6.07 Å². The summed E-state index contributed by atoms with van der Waals surface area (Å²) >= 11 is 26.2. The lowest BCUT2D eigenvalue weighted by Crippen LogP contribution is -2.56. The fourth-order valence-corrected chi connectivity index (χ4v) is 2.74. The van der Waals surface area contributed by atoms with Crippen LogP contribution < -0.4 is 20.7 Å². The van der Waals surface area contributed by atoms with Gasteiger partial charge in [-0.05, 0) is 52.4 Å². The zero-order chi connectivity index (χ0) is 19.3. The van der Waals surface area contributed by atoms with Crippen molar-refractivity contribution in [2.75, 3.05) is 12.4 Å². The number of para-hydroxylation sites is 2. The monoisotopic (exact) mass is 499 g/mol. The fourth-order valence-electron chi connectivity index (χ4n) is 1.88. The Morgan fingerprint density at radius 3 is 2.50 bits per heavy atom. The molecule has 11 heteroatoms. The summed E-state index contributed by atoms with van der Waals surface area (Å²) in [5, 5.41) is 8.30. The number of carbonyl (C=O) groups is 1. The highest BCUT2D eigenvalue weighted by Gasteiger charge is 2.35. The van der Waals surface area contributed by atoms with Crippen molar-refractivity contribution in [1.82, 2.24) is 10.6 Å². The zero-order valence-corrected chi connectivity index (χ0v) is 17.9. The van der Waals surface area contributed by atoms with Gasteiger partial charge < -0.3 is 25.1 Å². The van der Waals surface area contributed by atoms with Gasteiger partial charge in [0.2, 0.25) is 3.79 Å². The van der Waals surface area contributed by atoms with Crippen LogP contribution in [0.4, 0.5) is 5.69 Å². The third-order valence-electron chi connectivity index (χ3n) is 3.03. The van der Waals surface area contributed by atoms with E-state index < -0.39 is 15.9 Å². The third kappa shape index (κ3) is 5.92. The highest BCUT2D eigenvalue weighted by Crippen LogP contribution is 2.30. The van der Waals surface area contributed by atoms with Crippen molar-refractivity contribution < 1.29 is 13.9 Å². The van der Waals surface area contributed by atoms with Crippen LogP contribution in [0.1, 0.15) is 10.6 Å². The van der Waals surface area contributed by atoms with Crippen molar-refractivity contribution in [2.45, 2.75) is 9.96 Å². The first-order chi connectivity index (χ1) is 12.2. The Morgan fingerprint density at radius 2 is 1.92 bits per heavy atom. The maximum absolute atomic E-state index is 12.2. The topological polar surface area (TPSA) is 75.5 Å². The Kier molecular flexibility index (Phi) is 7.42. The first-order valence-electron chi connectivity index (χ1n) is 7.04. The van der Waals surface area contributed by atoms with Crippen LogP contribution in [-0.4, -0.2) is 28.1 Å². The van der Waals surface area contributed by atoms with Crippen LogP contribution in [-0.2, 0) is 0 Å². The standard InChI is InChI=1S/C15H13BrCl3N3O3S/c1-24-9-5-3-2-4-8(9)20-14(26)22-13(15(17,18)19)21-12(23)10-6-7-11(16)25-10/h2-7,13H,1H3,(H,21,23)(H2,20,22,26). The Balaban J connectivity index is 2.07. The number of ether oxygens (including phenoxy) is 1. The van der Waals surface area contributed by atoms with E-state index in [0.717, 1.165) is 0 Å². The van der Waals surface area contributed by atoms with E-state index >= 15 is 0 Å². The van der Waals surface area contributed by atoms with Gasteiger partial charge >= 0.3 is 0 Å². The molecule has 0 saturated heterocycles. The Hall–Kier alpha value is -1.19. The van der Waals surface area contributed by atoms with Crippen molar-refractivity contribution in [3.8, 4) is 5.75 Å². The van der Waals surface area contributed by atoms with Gasteiger partial charge in [-0.15, -0.1) is 0 Å². The second-order valence-electron chi connectivity index (χ2n) is 4.85. The lowest BCUT2D eigenvalue weighted by atomic mass is 10.3. The van der Waals surface area contributed by atoms with Gasteiger partial charge in [0.1, 0.15) is 11.9 Å². The van der Waals surface area contributed by atoms with Gasteiger partial charge in [-0.2, -0.15) is 0 Å². The molecule has 3 N–H and O–H groups in total. The molecule has 0 radical (unpaired) electrons. The molecule has 1 atom stereocenters. The summed E-state index contributed by atoms with van der Waals surface area (Å²) in [5.74, 6) is 0.0349. The SMILES string of the molecule is COc1ccccc1NC(=S)NC(NC(=O)c1ccc(Br)o1)C(Cl)(Cl)Cl. The predicted octanol–water partition coefficient (Wildman–Crippen LogP) is 4.46. The van der Waals surface area contributed by atoms with E-state index in [1.165, 1.54) is 13.2 Å². The van der Waals surface area contributed by atoms with Gasteiger partial charge in [0.05, 0.1) is 12.8 Å². The van der Waals surface area contributed by atoms with Gasteiger partial charge in [-0.25, -0.2) is 0 Å². The summed E-state index contributed by atoms with van der Waals surface area (Å²) in [6.45, 7) is 0. The number of methoxy groups -OCH3 is 1. The second kappa shape index (κ2) is 9.14. The summed E-state index contributed by atoms with van der Waals surface area (Å²) in [6, 6.07) is 10.2. The van der Waals surface area contributed by atoms with Crippen molar-refractivity contribution in [2.24, 2.45) is 0 Å². The quantitative estimate of drug-likeness (QED) is 0.319. The molecular weight excluding hydrogens is 489 g/mol. The summed E-state index contributed by atoms with van der Waals surface area (Å²) in [7, 11) is 1.53. The van der Waals surface area contributed by atoms with Crippen LogP contribution in [0.3, 0.4) is 0 Å². The Morgan fingerprint density at radius 1 is 1.23 bits per heavy atom. The van der Waals surface area contributed by atoms with Crippen LogP contribution in [0.2, 0.25) is 0 Å². The van der Waals surface area contributed by atoms with Crippen LogP contribution in [0.25, 0.3) is 0 Å². The van der Waals surface area contributed by atoms with E-state index in [0.29, 0.717) is 16.1 Å². The number of nitrogens with one attached hydrogen (secondary N) is 3. The second-order valence-corrected chi connectivity index (χ2v) is 8.41. The average molecular weight is 502 g/mol. The number of thiocarbonyl (C=S) groups is 1. The van der Waals surface area contributed by atoms with E-state index in [1.54, 1.807) is 24.3 Å². The van der Waals surface area contributed by atoms with Crippen molar-refractivity contribution in [3.63, 3.8) is 0 Å². The summed E-state index contributed by atoms with van der Waals surface area (Å²) < 4.78 is 8.92. The molecule has 0 aliphatic carbocycles. The number of halogens is 4. The van der Waals surface area contributed by atoms with E-state index in [-0.39, 0.29) is 10.9 Å². The van der Waals surface area contributed by atoms with Gasteiger partial charge in [0.25, 0.3) is 5.91 Å². The maximum Gasteiger partial charge on any atom is 0.288 e. The first-order valence-corrected chi connectivity index (χ1v) is 9.37. The fraction of sp³-hybridized carbons (Fsp3) is 0.200. The zero-order valence-electron chi connectivity index (χ0n) is 13.2. The summed E-state index contributed by atoms with van der Waals surface area (Å²) in [4.78, 5) is 12.2. The molecule has 2 aromatic rings. The number of hydrogen-bond donors (Lipinski definition) is 3. The van der Waals surface area contributed by atoms with E-state index in [9.17, 15) is 4.79 Å². The number of carbonyl (C=O) groups excluding carboxylic acids is 1. The molecule has 0 aliphatic heterocycles. The summed E-state index contributed by atoms with van der Waals surface area (Å²) in [5.41, 5.74) is 0.608. The number of hydrogen-bond acceptors (Lipinski definition) is 4. The highest BCUT2D eigenvalue weighted by atomic mass is 79.9. The minimum Gasteiger partial charge on any atom is -0.495 e. The van der Waals surface area contributed by atoms with Crippen LogP contribution in [0, 0.1) is 0 Å². The van der Waals surface area contributed by atoms with E-state index in [2.05, 4.69) is 31.9 Å². The molecule has 6 nitrogen and oxygen atoms in total. The molecule has 1 aromatic heterocycles. The van der Waals surface area contributed by atoms with Crippen molar-refractivity contribution in [3.05, 3.63) is 46.8 Å². The minimum atomic E-state index is -1.88. The molecule has 140 valence electrons. The lowest BCUT2D eigenvalue weighted by Gasteiger charge is -2.27. The van der Waals surface area contributed by atoms with Crippen LogP contribution >= 0.6 is 63.0 Å². The minimum absolute atomic E-state index is 0.0431. The number of anilines is 1. The molecule has 1 amide bonds. The Bertz CT molecular complexity index is 798. The Labute approximate surface area is 178 Å². The number of furan rings is 1. The van der Waals surface area contributed by atoms with Gasteiger partial charge in [0, 0.05) is 0 Å². The van der Waals surface area contributed by atoms with Crippen molar-refractivity contribution in [1.29, 1.82) is 0 Å². The first kappa shape index (κ1) is 21.1. The molecule has 1 heterocycles. The molecule has 26 heavy (non-hydrogen) atoms. The third-order valence-corrected chi connectivity index (χ3v) is 4.33.